The van der Waals surface area contributed by atoms with Crippen LogP contribution in [0.25, 0.3) is 10.8 Å². The Bertz CT molecular complexity index is 1550. The number of esters is 1. The van der Waals surface area contributed by atoms with Gasteiger partial charge in [-0.05, 0) is 42.5 Å². The Morgan fingerprint density at radius 3 is 2.38 bits per heavy atom. The lowest BCUT2D eigenvalue weighted by Gasteiger charge is -2.27. The Labute approximate surface area is 234 Å². The first-order valence-corrected chi connectivity index (χ1v) is 13.7. The van der Waals surface area contributed by atoms with Gasteiger partial charge in [0, 0.05) is 29.5 Å². The van der Waals surface area contributed by atoms with E-state index < -0.39 is 5.97 Å². The van der Waals surface area contributed by atoms with E-state index in [-0.39, 0.29) is 34.3 Å². The number of hydrogen-bond acceptors (Lipinski definition) is 9. The van der Waals surface area contributed by atoms with E-state index in [9.17, 15) is 19.2 Å². The minimum absolute atomic E-state index is 0.0197. The van der Waals surface area contributed by atoms with Crippen molar-refractivity contribution in [2.24, 2.45) is 0 Å². The fourth-order valence-electron chi connectivity index (χ4n) is 4.60. The number of nitrogens with zero attached hydrogens (tertiary/aromatic N) is 3. The summed E-state index contributed by atoms with van der Waals surface area (Å²) in [7, 11) is 1.28. The fourth-order valence-corrected chi connectivity index (χ4v) is 5.18. The molecule has 1 aromatic heterocycles. The van der Waals surface area contributed by atoms with E-state index in [0.29, 0.717) is 42.1 Å². The van der Waals surface area contributed by atoms with Crippen molar-refractivity contribution in [3.8, 4) is 0 Å². The smallest absolute Gasteiger partial charge is 0.339 e. The van der Waals surface area contributed by atoms with Gasteiger partial charge in [0.2, 0.25) is 11.8 Å². The number of para-hydroxylation sites is 1. The molecule has 2 heterocycles. The van der Waals surface area contributed by atoms with Crippen LogP contribution >= 0.6 is 11.8 Å². The highest BCUT2D eigenvalue weighted by Gasteiger charge is 2.32. The van der Waals surface area contributed by atoms with E-state index >= 15 is 0 Å². The second kappa shape index (κ2) is 12.1. The number of carbonyl (C=O) groups is 4. The van der Waals surface area contributed by atoms with Gasteiger partial charge >= 0.3 is 5.97 Å². The molecule has 5 rings (SSSR count). The first kappa shape index (κ1) is 27.1. The predicted molar refractivity (Wildman–Crippen MR) is 148 cm³/mol. The molecule has 11 heteroatoms. The number of aromatic nitrogens is 2. The van der Waals surface area contributed by atoms with Gasteiger partial charge in [0.25, 0.3) is 17.0 Å². The topological polar surface area (TPSA) is 132 Å². The van der Waals surface area contributed by atoms with Crippen molar-refractivity contribution >= 4 is 51.9 Å². The summed E-state index contributed by atoms with van der Waals surface area (Å²) in [5.41, 5.74) is 1.75. The normalized spacial score (nSPS) is 12.6. The summed E-state index contributed by atoms with van der Waals surface area (Å²) in [4.78, 5) is 51.6. The quantitative estimate of drug-likeness (QED) is 0.120. The molecule has 0 fully saturated rings. The van der Waals surface area contributed by atoms with Gasteiger partial charge in [-0.25, -0.2) is 4.79 Å². The summed E-state index contributed by atoms with van der Waals surface area (Å²) in [6.07, 6.45) is 2.68. The Hall–Kier alpha value is -4.51. The van der Waals surface area contributed by atoms with E-state index in [1.165, 1.54) is 12.0 Å². The number of unbranched alkanes of at least 4 members (excludes halogenated alkanes) is 2. The molecule has 4 aromatic rings. The number of hydrogen-bond donors (Lipinski definition) is 1. The van der Waals surface area contributed by atoms with Crippen molar-refractivity contribution in [1.29, 1.82) is 0 Å². The Balaban J connectivity index is 1.06. The van der Waals surface area contributed by atoms with Crippen LogP contribution in [0.2, 0.25) is 0 Å². The lowest BCUT2D eigenvalue weighted by Crippen LogP contribution is -2.40. The molecule has 0 aliphatic carbocycles. The number of rotatable bonds is 11. The van der Waals surface area contributed by atoms with E-state index in [4.69, 9.17) is 9.15 Å². The first-order chi connectivity index (χ1) is 19.5. The number of benzene rings is 3. The Kier molecular flexibility index (Phi) is 8.20. The number of nitrogens with one attached hydrogen (secondary N) is 1. The van der Waals surface area contributed by atoms with Crippen molar-refractivity contribution in [3.63, 3.8) is 0 Å². The van der Waals surface area contributed by atoms with Crippen LogP contribution in [0.15, 0.2) is 70.3 Å². The van der Waals surface area contributed by atoms with Crippen molar-refractivity contribution in [3.05, 3.63) is 83.2 Å². The first-order valence-electron chi connectivity index (χ1n) is 12.8. The molecule has 1 aliphatic rings. The number of methoxy groups -OCH3 is 1. The molecule has 40 heavy (non-hydrogen) atoms. The minimum Gasteiger partial charge on any atom is -0.465 e. The van der Waals surface area contributed by atoms with Gasteiger partial charge in [-0.2, -0.15) is 0 Å². The number of carbonyl (C=O) groups excluding carboxylic acids is 4. The molecule has 0 atom stereocenters. The predicted octanol–water partition coefficient (Wildman–Crippen LogP) is 4.75. The third-order valence-corrected chi connectivity index (χ3v) is 7.33. The van der Waals surface area contributed by atoms with E-state index in [1.807, 2.05) is 24.3 Å². The van der Waals surface area contributed by atoms with Gasteiger partial charge in [-0.1, -0.05) is 54.6 Å². The molecule has 0 spiro atoms. The van der Waals surface area contributed by atoms with Gasteiger partial charge in [-0.3, -0.25) is 19.3 Å². The summed E-state index contributed by atoms with van der Waals surface area (Å²) >= 11 is 1.09. The molecule has 0 bridgehead atoms. The van der Waals surface area contributed by atoms with Crippen LogP contribution in [0, 0.1) is 0 Å². The summed E-state index contributed by atoms with van der Waals surface area (Å²) in [6.45, 7) is 0.335. The van der Waals surface area contributed by atoms with Crippen LogP contribution in [-0.4, -0.2) is 58.2 Å². The molecule has 1 aliphatic heterocycles. The zero-order valence-corrected chi connectivity index (χ0v) is 22.5. The van der Waals surface area contributed by atoms with Gasteiger partial charge in [0.1, 0.15) is 0 Å². The second-order valence-corrected chi connectivity index (χ2v) is 10.0. The molecule has 0 saturated heterocycles. The van der Waals surface area contributed by atoms with Gasteiger partial charge in [-0.15, -0.1) is 10.2 Å². The zero-order chi connectivity index (χ0) is 28.1. The van der Waals surface area contributed by atoms with Crippen LogP contribution in [0.3, 0.4) is 0 Å². The lowest BCUT2D eigenvalue weighted by atomic mass is 9.94. The van der Waals surface area contributed by atoms with Crippen LogP contribution < -0.4 is 5.32 Å². The van der Waals surface area contributed by atoms with E-state index in [2.05, 4.69) is 15.5 Å². The number of ether oxygens (including phenoxy) is 1. The standard InChI is InChI=1S/C29H26N4O6S/c1-38-28(37)19-11-4-5-14-22(19)30-23(34)17-40-29-32-31-24(39-29)15-3-2-6-16-33-26(35)20-12-7-9-18-10-8-13-21(25(18)20)27(33)36/h4-5,7-14H,2-3,6,15-17H2,1H3,(H,30,34). The summed E-state index contributed by atoms with van der Waals surface area (Å²) in [5.74, 6) is -0.920. The number of thioether (sulfide) groups is 1. The van der Waals surface area contributed by atoms with Crippen LogP contribution in [-0.2, 0) is 16.0 Å². The maximum absolute atomic E-state index is 13.0. The second-order valence-electron chi connectivity index (χ2n) is 9.12. The van der Waals surface area contributed by atoms with Crippen molar-refractivity contribution in [2.45, 2.75) is 30.9 Å². The van der Waals surface area contributed by atoms with Crippen LogP contribution in [0.5, 0.6) is 0 Å². The molecular formula is C29H26N4O6S. The van der Waals surface area contributed by atoms with Gasteiger partial charge < -0.3 is 14.5 Å². The molecule has 0 radical (unpaired) electrons. The Morgan fingerprint density at radius 1 is 0.925 bits per heavy atom. The summed E-state index contributed by atoms with van der Waals surface area (Å²) < 4.78 is 10.4. The van der Waals surface area contributed by atoms with Gasteiger partial charge in [0.15, 0.2) is 0 Å². The van der Waals surface area contributed by atoms with E-state index in [1.54, 1.807) is 36.4 Å². The van der Waals surface area contributed by atoms with Crippen molar-refractivity contribution < 1.29 is 28.3 Å². The highest BCUT2D eigenvalue weighted by Crippen LogP contribution is 2.30. The highest BCUT2D eigenvalue weighted by atomic mass is 32.2. The molecule has 3 aromatic carbocycles. The molecule has 1 N–H and O–H groups in total. The molecule has 0 unspecified atom stereocenters. The van der Waals surface area contributed by atoms with Crippen molar-refractivity contribution in [1.82, 2.24) is 15.1 Å². The number of amides is 3. The SMILES string of the molecule is COC(=O)c1ccccc1NC(=O)CSc1nnc(CCCCCN2C(=O)c3cccc4cccc(c34)C2=O)o1. The lowest BCUT2D eigenvalue weighted by molar-refractivity contribution is -0.113. The number of aryl methyl sites for hydroxylation is 1. The third kappa shape index (κ3) is 5.74. The fraction of sp³-hybridized carbons (Fsp3) is 0.241. The molecular weight excluding hydrogens is 532 g/mol. The largest absolute Gasteiger partial charge is 0.465 e. The summed E-state index contributed by atoms with van der Waals surface area (Å²) in [6, 6.07) is 17.6. The maximum atomic E-state index is 13.0. The third-order valence-electron chi connectivity index (χ3n) is 6.51. The Morgan fingerprint density at radius 2 is 1.65 bits per heavy atom. The summed E-state index contributed by atoms with van der Waals surface area (Å²) in [5, 5.41) is 12.6. The highest BCUT2D eigenvalue weighted by molar-refractivity contribution is 7.99. The number of anilines is 1. The van der Waals surface area contributed by atoms with Gasteiger partial charge in [0.05, 0.1) is 24.1 Å². The zero-order valence-electron chi connectivity index (χ0n) is 21.7. The van der Waals surface area contributed by atoms with Crippen LogP contribution in [0.4, 0.5) is 5.69 Å². The van der Waals surface area contributed by atoms with Crippen molar-refractivity contribution in [2.75, 3.05) is 24.7 Å². The average molecular weight is 559 g/mol. The maximum Gasteiger partial charge on any atom is 0.339 e. The monoisotopic (exact) mass is 558 g/mol. The molecule has 204 valence electrons. The molecule has 10 nitrogen and oxygen atoms in total. The van der Waals surface area contributed by atoms with E-state index in [0.717, 1.165) is 35.4 Å². The molecule has 3 amide bonds. The molecule has 0 saturated carbocycles. The van der Waals surface area contributed by atoms with Crippen LogP contribution in [0.1, 0.15) is 56.2 Å². The average Bonchev–Trinajstić information content (AvgIpc) is 3.43. The minimum atomic E-state index is -0.540. The number of imide groups is 1.